The predicted octanol–water partition coefficient (Wildman–Crippen LogP) is 5.54. The van der Waals surface area contributed by atoms with Gasteiger partial charge in [0.1, 0.15) is 12.4 Å². The molecule has 0 spiro atoms. The first-order chi connectivity index (χ1) is 11.6. The highest BCUT2D eigenvalue weighted by molar-refractivity contribution is 5.86. The SMILES string of the molecule is Cc1ccc(-c2ccc(C3=Cc4ccc(C)c(C)c4OC3)[nH]2)cc1. The third-order valence-corrected chi connectivity index (χ3v) is 4.80. The number of rotatable bonds is 2. The molecule has 2 heteroatoms. The first-order valence-corrected chi connectivity index (χ1v) is 8.32. The molecule has 4 rings (SSSR count). The highest BCUT2D eigenvalue weighted by Crippen LogP contribution is 2.34. The van der Waals surface area contributed by atoms with Crippen molar-refractivity contribution in [1.82, 2.24) is 4.98 Å². The van der Waals surface area contributed by atoms with Crippen molar-refractivity contribution in [3.05, 3.63) is 76.5 Å². The Bertz CT molecular complexity index is 929. The van der Waals surface area contributed by atoms with Crippen LogP contribution in [0.15, 0.2) is 48.5 Å². The summed E-state index contributed by atoms with van der Waals surface area (Å²) >= 11 is 0. The van der Waals surface area contributed by atoms with Crippen molar-refractivity contribution in [3.63, 3.8) is 0 Å². The first kappa shape index (κ1) is 14.8. The molecule has 0 radical (unpaired) electrons. The topological polar surface area (TPSA) is 25.0 Å². The number of H-pyrrole nitrogens is 1. The van der Waals surface area contributed by atoms with Gasteiger partial charge in [0.2, 0.25) is 0 Å². The number of aryl methyl sites for hydroxylation is 2. The summed E-state index contributed by atoms with van der Waals surface area (Å²) in [6, 6.07) is 17.1. The fourth-order valence-corrected chi connectivity index (χ4v) is 3.14. The maximum atomic E-state index is 6.04. The average molecular weight is 315 g/mol. The van der Waals surface area contributed by atoms with Crippen molar-refractivity contribution in [2.24, 2.45) is 0 Å². The van der Waals surface area contributed by atoms with Crippen molar-refractivity contribution >= 4 is 11.6 Å². The number of aromatic nitrogens is 1. The van der Waals surface area contributed by atoms with E-state index in [1.807, 2.05) is 0 Å². The third kappa shape index (κ3) is 2.54. The normalized spacial score (nSPS) is 13.2. The second-order valence-electron chi connectivity index (χ2n) is 6.54. The summed E-state index contributed by atoms with van der Waals surface area (Å²) in [5, 5.41) is 0. The zero-order chi connectivity index (χ0) is 16.7. The van der Waals surface area contributed by atoms with Gasteiger partial charge in [0, 0.05) is 22.5 Å². The predicted molar refractivity (Wildman–Crippen MR) is 100 cm³/mol. The van der Waals surface area contributed by atoms with E-state index < -0.39 is 0 Å². The van der Waals surface area contributed by atoms with Gasteiger partial charge in [-0.15, -0.1) is 0 Å². The number of ether oxygens (including phenoxy) is 1. The molecule has 0 fully saturated rings. The lowest BCUT2D eigenvalue weighted by molar-refractivity contribution is 0.362. The first-order valence-electron chi connectivity index (χ1n) is 8.32. The van der Waals surface area contributed by atoms with Crippen LogP contribution in [-0.2, 0) is 0 Å². The molecule has 2 heterocycles. The van der Waals surface area contributed by atoms with Crippen LogP contribution in [0.1, 0.15) is 27.9 Å². The Kier molecular flexibility index (Phi) is 3.53. The molecule has 1 aromatic heterocycles. The van der Waals surface area contributed by atoms with Crippen molar-refractivity contribution in [2.45, 2.75) is 20.8 Å². The zero-order valence-electron chi connectivity index (χ0n) is 14.3. The quantitative estimate of drug-likeness (QED) is 0.660. The minimum Gasteiger partial charge on any atom is -0.488 e. The molecule has 1 N–H and O–H groups in total. The summed E-state index contributed by atoms with van der Waals surface area (Å²) in [5.74, 6) is 1.02. The van der Waals surface area contributed by atoms with Crippen LogP contribution in [0.4, 0.5) is 0 Å². The molecule has 2 aromatic carbocycles. The Morgan fingerprint density at radius 3 is 2.38 bits per heavy atom. The Morgan fingerprint density at radius 2 is 1.58 bits per heavy atom. The molecular weight excluding hydrogens is 294 g/mol. The summed E-state index contributed by atoms with van der Waals surface area (Å²) in [7, 11) is 0. The van der Waals surface area contributed by atoms with E-state index in [1.54, 1.807) is 0 Å². The maximum absolute atomic E-state index is 6.04. The Hall–Kier alpha value is -2.74. The van der Waals surface area contributed by atoms with Gasteiger partial charge in [-0.3, -0.25) is 0 Å². The molecule has 0 saturated carbocycles. The Morgan fingerprint density at radius 1 is 0.833 bits per heavy atom. The van der Waals surface area contributed by atoms with Gasteiger partial charge in [0.05, 0.1) is 0 Å². The van der Waals surface area contributed by atoms with Gasteiger partial charge in [-0.1, -0.05) is 42.0 Å². The summed E-state index contributed by atoms with van der Waals surface area (Å²) < 4.78 is 6.04. The molecule has 1 aliphatic heterocycles. The maximum Gasteiger partial charge on any atom is 0.130 e. The third-order valence-electron chi connectivity index (χ3n) is 4.80. The molecule has 1 aliphatic rings. The number of fused-ring (bicyclic) bond motifs is 1. The molecule has 0 unspecified atom stereocenters. The summed E-state index contributed by atoms with van der Waals surface area (Å²) in [5.41, 5.74) is 9.58. The van der Waals surface area contributed by atoms with Crippen LogP contribution in [0.3, 0.4) is 0 Å². The van der Waals surface area contributed by atoms with Crippen molar-refractivity contribution in [2.75, 3.05) is 6.61 Å². The molecule has 120 valence electrons. The number of benzene rings is 2. The van der Waals surface area contributed by atoms with Crippen molar-refractivity contribution in [1.29, 1.82) is 0 Å². The van der Waals surface area contributed by atoms with Crippen LogP contribution >= 0.6 is 0 Å². The van der Waals surface area contributed by atoms with E-state index >= 15 is 0 Å². The van der Waals surface area contributed by atoms with E-state index in [-0.39, 0.29) is 0 Å². The Labute approximate surface area is 142 Å². The van der Waals surface area contributed by atoms with Crippen LogP contribution in [0, 0.1) is 20.8 Å². The molecule has 0 atom stereocenters. The van der Waals surface area contributed by atoms with Crippen LogP contribution in [0.2, 0.25) is 0 Å². The van der Waals surface area contributed by atoms with Gasteiger partial charge in [0.15, 0.2) is 0 Å². The van der Waals surface area contributed by atoms with Crippen LogP contribution in [-0.4, -0.2) is 11.6 Å². The molecule has 0 bridgehead atoms. The highest BCUT2D eigenvalue weighted by atomic mass is 16.5. The van der Waals surface area contributed by atoms with Gasteiger partial charge in [-0.05, 0) is 55.7 Å². The largest absolute Gasteiger partial charge is 0.488 e. The van der Waals surface area contributed by atoms with Crippen LogP contribution in [0.25, 0.3) is 22.9 Å². The number of hydrogen-bond acceptors (Lipinski definition) is 1. The van der Waals surface area contributed by atoms with Crippen LogP contribution < -0.4 is 4.74 Å². The van der Waals surface area contributed by atoms with Gasteiger partial charge < -0.3 is 9.72 Å². The van der Waals surface area contributed by atoms with Gasteiger partial charge in [-0.2, -0.15) is 0 Å². The fourth-order valence-electron chi connectivity index (χ4n) is 3.14. The number of nitrogens with one attached hydrogen (secondary N) is 1. The second kappa shape index (κ2) is 5.72. The number of hydrogen-bond donors (Lipinski definition) is 1. The van der Waals surface area contributed by atoms with Crippen LogP contribution in [0.5, 0.6) is 5.75 Å². The smallest absolute Gasteiger partial charge is 0.130 e. The molecule has 0 saturated heterocycles. The second-order valence-corrected chi connectivity index (χ2v) is 6.54. The van der Waals surface area contributed by atoms with Crippen molar-refractivity contribution in [3.8, 4) is 17.0 Å². The van der Waals surface area contributed by atoms with Crippen molar-refractivity contribution < 1.29 is 4.74 Å². The number of aromatic amines is 1. The summed E-state index contributed by atoms with van der Waals surface area (Å²) in [6.45, 7) is 6.95. The Balaban J connectivity index is 1.69. The van der Waals surface area contributed by atoms with Gasteiger partial charge in [0.25, 0.3) is 0 Å². The fraction of sp³-hybridized carbons (Fsp3) is 0.182. The molecular formula is C22H21NO. The van der Waals surface area contributed by atoms with E-state index in [0.717, 1.165) is 22.7 Å². The lowest BCUT2D eigenvalue weighted by atomic mass is 9.99. The monoisotopic (exact) mass is 315 g/mol. The lowest BCUT2D eigenvalue weighted by Crippen LogP contribution is -2.08. The van der Waals surface area contributed by atoms with E-state index in [2.05, 4.69) is 80.4 Å². The minimum absolute atomic E-state index is 0.602. The van der Waals surface area contributed by atoms with Gasteiger partial charge >= 0.3 is 0 Å². The molecule has 3 aromatic rings. The zero-order valence-corrected chi connectivity index (χ0v) is 14.3. The molecule has 0 amide bonds. The highest BCUT2D eigenvalue weighted by Gasteiger charge is 2.17. The van der Waals surface area contributed by atoms with E-state index in [4.69, 9.17) is 4.74 Å². The lowest BCUT2D eigenvalue weighted by Gasteiger charge is -2.20. The van der Waals surface area contributed by atoms with E-state index in [1.165, 1.54) is 27.8 Å². The molecule has 24 heavy (non-hydrogen) atoms. The van der Waals surface area contributed by atoms with Gasteiger partial charge in [-0.25, -0.2) is 0 Å². The summed E-state index contributed by atoms with van der Waals surface area (Å²) in [6.07, 6.45) is 2.23. The average Bonchev–Trinajstić information content (AvgIpc) is 3.09. The minimum atomic E-state index is 0.602. The van der Waals surface area contributed by atoms with E-state index in [9.17, 15) is 0 Å². The summed E-state index contributed by atoms with van der Waals surface area (Å²) in [4.78, 5) is 3.53. The molecule has 0 aliphatic carbocycles. The standard InChI is InChI=1S/C22H21NO/c1-14-4-7-17(8-5-14)20-10-11-21(23-20)19-12-18-9-6-15(2)16(3)22(18)24-13-19/h4-12,23H,13H2,1-3H3. The van der Waals surface area contributed by atoms with E-state index in [0.29, 0.717) is 6.61 Å². The molecule has 2 nitrogen and oxygen atoms in total.